The van der Waals surface area contributed by atoms with Crippen LogP contribution in [0.2, 0.25) is 0 Å². The molecule has 3 aromatic rings. The molecule has 0 spiro atoms. The van der Waals surface area contributed by atoms with Crippen LogP contribution in [0.3, 0.4) is 0 Å². The van der Waals surface area contributed by atoms with Crippen molar-refractivity contribution in [1.82, 2.24) is 10.3 Å². The molecule has 1 aliphatic rings. The number of hydrogen-bond donors (Lipinski definition) is 2. The normalized spacial score (nSPS) is 14.2. The second-order valence-electron chi connectivity index (χ2n) is 7.96. The van der Waals surface area contributed by atoms with Crippen LogP contribution >= 0.6 is 0 Å². The van der Waals surface area contributed by atoms with Crippen molar-refractivity contribution in [1.29, 1.82) is 0 Å². The third-order valence-electron chi connectivity index (χ3n) is 5.60. The Kier molecular flexibility index (Phi) is 7.02. The number of nitrogens with one attached hydrogen (secondary N) is 2. The predicted molar refractivity (Wildman–Crippen MR) is 126 cm³/mol. The molecule has 1 fully saturated rings. The van der Waals surface area contributed by atoms with Gasteiger partial charge in [0.1, 0.15) is 11.3 Å². The first-order valence-electron chi connectivity index (χ1n) is 11.2. The largest absolute Gasteiger partial charge is 0.466 e. The van der Waals surface area contributed by atoms with E-state index in [4.69, 9.17) is 4.74 Å². The number of hydrogen-bond acceptors (Lipinski definition) is 5. The smallest absolute Gasteiger partial charge is 0.319 e. The second-order valence-corrected chi connectivity index (χ2v) is 7.96. The zero-order valence-electron chi connectivity index (χ0n) is 18.5. The fraction of sp³-hybridized carbons (Fsp3) is 0.320. The molecule has 0 unspecified atom stereocenters. The minimum absolute atomic E-state index is 0.0133. The number of urea groups is 1. The van der Waals surface area contributed by atoms with Gasteiger partial charge in [0.15, 0.2) is 5.82 Å². The first-order valence-corrected chi connectivity index (χ1v) is 11.2. The Morgan fingerprint density at radius 3 is 2.61 bits per heavy atom. The Hall–Kier alpha value is -3.68. The fourth-order valence-corrected chi connectivity index (χ4v) is 4.03. The molecule has 0 bridgehead atoms. The lowest BCUT2D eigenvalue weighted by Gasteiger charge is -2.19. The zero-order valence-corrected chi connectivity index (χ0v) is 18.5. The van der Waals surface area contributed by atoms with Gasteiger partial charge in [-0.1, -0.05) is 30.3 Å². The lowest BCUT2D eigenvalue weighted by molar-refractivity contribution is -0.143. The Labute approximate surface area is 191 Å². The molecule has 1 aliphatic heterocycles. The van der Waals surface area contributed by atoms with Gasteiger partial charge in [0.2, 0.25) is 0 Å². The van der Waals surface area contributed by atoms with E-state index in [1.807, 2.05) is 42.5 Å². The molecule has 172 valence electrons. The van der Waals surface area contributed by atoms with Crippen molar-refractivity contribution in [3.8, 4) is 0 Å². The summed E-state index contributed by atoms with van der Waals surface area (Å²) in [4.78, 5) is 31.3. The van der Waals surface area contributed by atoms with Crippen LogP contribution in [0, 0.1) is 5.82 Å². The fourth-order valence-electron chi connectivity index (χ4n) is 4.03. The number of nitrogens with zero attached hydrogens (tertiary/aromatic N) is 2. The summed E-state index contributed by atoms with van der Waals surface area (Å²) < 4.78 is 19.9. The van der Waals surface area contributed by atoms with E-state index in [1.54, 1.807) is 13.0 Å². The molecular weight excluding hydrogens is 423 g/mol. The van der Waals surface area contributed by atoms with Crippen LogP contribution in [-0.4, -0.2) is 36.7 Å². The van der Waals surface area contributed by atoms with Crippen molar-refractivity contribution in [2.24, 2.45) is 0 Å². The van der Waals surface area contributed by atoms with E-state index < -0.39 is 23.9 Å². The maximum Gasteiger partial charge on any atom is 0.319 e. The number of ether oxygens (including phenoxy) is 1. The number of halogens is 1. The van der Waals surface area contributed by atoms with Gasteiger partial charge in [-0.05, 0) is 49.6 Å². The summed E-state index contributed by atoms with van der Waals surface area (Å²) in [6, 6.07) is 14.7. The first kappa shape index (κ1) is 22.5. The Morgan fingerprint density at radius 1 is 1.12 bits per heavy atom. The molecule has 2 amide bonds. The molecular formula is C25H27FN4O3. The quantitative estimate of drug-likeness (QED) is 0.506. The average Bonchev–Trinajstić information content (AvgIpc) is 3.34. The van der Waals surface area contributed by atoms with Gasteiger partial charge in [-0.2, -0.15) is 0 Å². The van der Waals surface area contributed by atoms with Crippen LogP contribution in [0.25, 0.3) is 10.9 Å². The third kappa shape index (κ3) is 5.58. The number of pyridine rings is 1. The number of esters is 1. The number of fused-ring (bicyclic) bond motifs is 1. The van der Waals surface area contributed by atoms with Crippen LogP contribution < -0.4 is 15.5 Å². The number of amides is 2. The summed E-state index contributed by atoms with van der Waals surface area (Å²) in [6.45, 7) is 3.84. The Morgan fingerprint density at radius 2 is 1.88 bits per heavy atom. The van der Waals surface area contributed by atoms with Crippen LogP contribution in [0.1, 0.15) is 37.8 Å². The van der Waals surface area contributed by atoms with Crippen molar-refractivity contribution in [2.45, 2.75) is 32.2 Å². The molecule has 7 nitrogen and oxygen atoms in total. The molecule has 8 heteroatoms. The van der Waals surface area contributed by atoms with E-state index in [9.17, 15) is 14.0 Å². The molecule has 0 radical (unpaired) electrons. The highest BCUT2D eigenvalue weighted by atomic mass is 19.1. The van der Waals surface area contributed by atoms with E-state index in [-0.39, 0.29) is 18.5 Å². The van der Waals surface area contributed by atoms with Crippen molar-refractivity contribution in [3.63, 3.8) is 0 Å². The van der Waals surface area contributed by atoms with Gasteiger partial charge in [0.25, 0.3) is 0 Å². The summed E-state index contributed by atoms with van der Waals surface area (Å²) >= 11 is 0. The van der Waals surface area contributed by atoms with Crippen molar-refractivity contribution >= 4 is 34.4 Å². The van der Waals surface area contributed by atoms with E-state index in [2.05, 4.69) is 20.5 Å². The summed E-state index contributed by atoms with van der Waals surface area (Å²) in [7, 11) is 0. The van der Waals surface area contributed by atoms with E-state index in [0.29, 0.717) is 11.1 Å². The van der Waals surface area contributed by atoms with Crippen LogP contribution in [0.15, 0.2) is 54.6 Å². The van der Waals surface area contributed by atoms with Crippen LogP contribution in [-0.2, 0) is 9.53 Å². The Bertz CT molecular complexity index is 1130. The maximum atomic E-state index is 14.8. The molecule has 4 rings (SSSR count). The number of benzene rings is 2. The molecule has 1 aromatic heterocycles. The number of rotatable bonds is 7. The first-order chi connectivity index (χ1) is 16.0. The topological polar surface area (TPSA) is 83.6 Å². The molecule has 2 N–H and O–H groups in total. The third-order valence-corrected chi connectivity index (χ3v) is 5.60. The average molecular weight is 451 g/mol. The second kappa shape index (κ2) is 10.3. The van der Waals surface area contributed by atoms with Crippen molar-refractivity contribution in [2.75, 3.05) is 29.9 Å². The summed E-state index contributed by atoms with van der Waals surface area (Å²) in [5.41, 5.74) is 1.34. The lowest BCUT2D eigenvalue weighted by Crippen LogP contribution is -2.34. The van der Waals surface area contributed by atoms with E-state index >= 15 is 0 Å². The number of carbonyl (C=O) groups excluding carboxylic acids is 2. The molecule has 0 aliphatic carbocycles. The van der Waals surface area contributed by atoms with E-state index in [0.717, 1.165) is 37.3 Å². The zero-order chi connectivity index (χ0) is 23.2. The molecule has 1 saturated heterocycles. The minimum atomic E-state index is -0.583. The van der Waals surface area contributed by atoms with Crippen LogP contribution in [0.5, 0.6) is 0 Å². The highest BCUT2D eigenvalue weighted by molar-refractivity contribution is 5.93. The van der Waals surface area contributed by atoms with Gasteiger partial charge in [0.05, 0.1) is 19.1 Å². The molecule has 0 saturated carbocycles. The van der Waals surface area contributed by atoms with Gasteiger partial charge < -0.3 is 20.3 Å². The summed E-state index contributed by atoms with van der Waals surface area (Å²) in [6.07, 6.45) is 2.21. The lowest BCUT2D eigenvalue weighted by atomic mass is 10.0. The highest BCUT2D eigenvalue weighted by Gasteiger charge is 2.20. The molecule has 2 aromatic carbocycles. The molecule has 2 heterocycles. The number of carbonyl (C=O) groups is 2. The summed E-state index contributed by atoms with van der Waals surface area (Å²) in [5.74, 6) is -0.153. The summed E-state index contributed by atoms with van der Waals surface area (Å²) in [5, 5.41) is 6.06. The van der Waals surface area contributed by atoms with Gasteiger partial charge in [-0.15, -0.1) is 0 Å². The van der Waals surface area contributed by atoms with Crippen molar-refractivity contribution < 1.29 is 18.7 Å². The van der Waals surface area contributed by atoms with Gasteiger partial charge in [0, 0.05) is 24.2 Å². The van der Waals surface area contributed by atoms with Crippen molar-refractivity contribution in [3.05, 3.63) is 66.0 Å². The van der Waals surface area contributed by atoms with Crippen LogP contribution in [0.4, 0.5) is 20.7 Å². The number of aromatic nitrogens is 1. The monoisotopic (exact) mass is 450 g/mol. The van der Waals surface area contributed by atoms with Gasteiger partial charge in [-0.25, -0.2) is 14.2 Å². The highest BCUT2D eigenvalue weighted by Crippen LogP contribution is 2.26. The standard InChI is InChI=1S/C25H27FN4O3/c1-2-33-23(31)16-21(17-8-4-3-5-9-17)28-25(32)27-19-14-18-10-11-22(30-12-6-7-13-30)29-24(18)20(26)15-19/h3-5,8-11,14-15,21H,2,6-7,12-13,16H2,1H3,(H2,27,28,32)/t21-/m1/s1. The predicted octanol–water partition coefficient (Wildman–Crippen LogP) is 4.79. The Balaban J connectivity index is 1.49. The number of anilines is 2. The minimum Gasteiger partial charge on any atom is -0.466 e. The van der Waals surface area contributed by atoms with Gasteiger partial charge >= 0.3 is 12.0 Å². The van der Waals surface area contributed by atoms with Gasteiger partial charge in [-0.3, -0.25) is 4.79 Å². The molecule has 33 heavy (non-hydrogen) atoms. The SMILES string of the molecule is CCOC(=O)C[C@@H](NC(=O)Nc1cc(F)c2nc(N3CCCC3)ccc2c1)c1ccccc1. The van der Waals surface area contributed by atoms with E-state index in [1.165, 1.54) is 6.07 Å². The molecule has 1 atom stereocenters. The maximum absolute atomic E-state index is 14.8.